The molecule has 0 radical (unpaired) electrons. The third-order valence-electron chi connectivity index (χ3n) is 3.38. The zero-order valence-electron chi connectivity index (χ0n) is 13.5. The van der Waals surface area contributed by atoms with Crippen molar-refractivity contribution in [3.05, 3.63) is 34.5 Å². The molecule has 7 nitrogen and oxygen atoms in total. The highest BCUT2D eigenvalue weighted by molar-refractivity contribution is 5.70. The van der Waals surface area contributed by atoms with E-state index in [1.54, 1.807) is 17.0 Å². The number of carbonyl (C=O) groups excluding carboxylic acids is 1. The maximum absolute atomic E-state index is 13.8. The molecule has 0 spiro atoms. The van der Waals surface area contributed by atoms with Crippen LogP contribution in [-0.2, 0) is 4.74 Å². The van der Waals surface area contributed by atoms with Gasteiger partial charge in [-0.1, -0.05) is 11.2 Å². The van der Waals surface area contributed by atoms with Crippen molar-refractivity contribution in [2.75, 3.05) is 31.1 Å². The Morgan fingerprint density at radius 2 is 1.96 bits per heavy atom. The number of hydrogen-bond donors (Lipinski definition) is 0. The summed E-state index contributed by atoms with van der Waals surface area (Å²) in [6, 6.07) is 4.53. The summed E-state index contributed by atoms with van der Waals surface area (Å²) >= 11 is 0. The van der Waals surface area contributed by atoms with Crippen LogP contribution in [0, 0.1) is 5.82 Å². The Morgan fingerprint density at radius 3 is 2.52 bits per heavy atom. The number of anilines is 1. The van der Waals surface area contributed by atoms with Crippen LogP contribution >= 0.6 is 0 Å². The average molecular weight is 321 g/mol. The molecule has 0 unspecified atom stereocenters. The van der Waals surface area contributed by atoms with Crippen LogP contribution in [0.5, 0.6) is 0 Å². The predicted octanol–water partition coefficient (Wildman–Crippen LogP) is 3.82. The zero-order chi connectivity index (χ0) is 17.0. The van der Waals surface area contributed by atoms with Crippen LogP contribution in [0.2, 0.25) is 0 Å². The molecule has 1 aliphatic heterocycles. The highest BCUT2D eigenvalue weighted by Crippen LogP contribution is 2.32. The lowest BCUT2D eigenvalue weighted by molar-refractivity contribution is 0.0240. The van der Waals surface area contributed by atoms with Crippen LogP contribution in [-0.4, -0.2) is 42.8 Å². The van der Waals surface area contributed by atoms with Gasteiger partial charge in [0, 0.05) is 36.8 Å². The van der Waals surface area contributed by atoms with Crippen molar-refractivity contribution < 1.29 is 13.9 Å². The van der Waals surface area contributed by atoms with Gasteiger partial charge >= 0.3 is 6.09 Å². The van der Waals surface area contributed by atoms with Crippen molar-refractivity contribution in [1.29, 1.82) is 0 Å². The molecule has 1 fully saturated rings. The summed E-state index contributed by atoms with van der Waals surface area (Å²) in [6.07, 6.45) is -0.355. The van der Waals surface area contributed by atoms with Gasteiger partial charge in [-0.3, -0.25) is 0 Å². The summed E-state index contributed by atoms with van der Waals surface area (Å²) in [7, 11) is 0. The van der Waals surface area contributed by atoms with Crippen molar-refractivity contribution in [3.63, 3.8) is 0 Å². The van der Waals surface area contributed by atoms with Crippen LogP contribution in [0.3, 0.4) is 0 Å². The molecule has 1 aliphatic rings. The molecule has 124 valence electrons. The van der Waals surface area contributed by atoms with Gasteiger partial charge in [-0.05, 0) is 38.4 Å². The molecule has 0 saturated carbocycles. The van der Waals surface area contributed by atoms with Gasteiger partial charge in [-0.2, -0.15) is 0 Å². The Hall–Kier alpha value is -2.47. The van der Waals surface area contributed by atoms with E-state index >= 15 is 0 Å². The lowest BCUT2D eigenvalue weighted by Gasteiger charge is -2.37. The number of amides is 1. The van der Waals surface area contributed by atoms with Gasteiger partial charge in [0.25, 0.3) is 0 Å². The van der Waals surface area contributed by atoms with Crippen LogP contribution in [0.1, 0.15) is 20.8 Å². The highest BCUT2D eigenvalue weighted by atomic mass is 19.1. The van der Waals surface area contributed by atoms with Gasteiger partial charge in [-0.25, -0.2) is 9.18 Å². The molecule has 1 saturated heterocycles. The normalized spacial score (nSPS) is 15.1. The maximum Gasteiger partial charge on any atom is 0.410 e. The van der Waals surface area contributed by atoms with Gasteiger partial charge in [0.2, 0.25) is 0 Å². The van der Waals surface area contributed by atoms with Gasteiger partial charge < -0.3 is 14.5 Å². The molecule has 0 N–H and O–H groups in total. The first-order chi connectivity index (χ1) is 10.8. The third-order valence-corrected chi connectivity index (χ3v) is 3.38. The number of ether oxygens (including phenoxy) is 1. The topological polar surface area (TPSA) is 81.5 Å². The quantitative estimate of drug-likeness (QED) is 0.471. The van der Waals surface area contributed by atoms with Gasteiger partial charge in [-0.15, -0.1) is 0 Å². The molecular weight excluding hydrogens is 301 g/mol. The molecule has 0 bridgehead atoms. The molecular formula is C15H20FN5O2. The summed E-state index contributed by atoms with van der Waals surface area (Å²) in [5, 5.41) is 3.44. The lowest BCUT2D eigenvalue weighted by atomic mass is 10.2. The Morgan fingerprint density at radius 1 is 1.30 bits per heavy atom. The first-order valence-corrected chi connectivity index (χ1v) is 7.38. The van der Waals surface area contributed by atoms with Gasteiger partial charge in [0.1, 0.15) is 11.4 Å². The van der Waals surface area contributed by atoms with Crippen molar-refractivity contribution in [2.45, 2.75) is 26.4 Å². The van der Waals surface area contributed by atoms with Crippen LogP contribution in [0.4, 0.5) is 20.6 Å². The minimum absolute atomic E-state index is 0.0132. The number of nitrogens with zero attached hydrogens (tertiary/aromatic N) is 5. The van der Waals surface area contributed by atoms with E-state index in [0.29, 0.717) is 31.9 Å². The van der Waals surface area contributed by atoms with E-state index in [1.165, 1.54) is 6.07 Å². The molecule has 1 aromatic rings. The monoisotopic (exact) mass is 321 g/mol. The molecule has 23 heavy (non-hydrogen) atoms. The maximum atomic E-state index is 13.8. The number of azide groups is 1. The fourth-order valence-corrected chi connectivity index (χ4v) is 2.36. The van der Waals surface area contributed by atoms with Crippen LogP contribution < -0.4 is 4.90 Å². The fourth-order valence-electron chi connectivity index (χ4n) is 2.36. The van der Waals surface area contributed by atoms with Crippen LogP contribution in [0.15, 0.2) is 23.3 Å². The highest BCUT2D eigenvalue weighted by Gasteiger charge is 2.26. The molecule has 0 aromatic heterocycles. The van der Waals surface area contributed by atoms with Crippen molar-refractivity contribution in [3.8, 4) is 0 Å². The molecule has 1 amide bonds. The van der Waals surface area contributed by atoms with E-state index in [-0.39, 0.29) is 11.8 Å². The number of hydrogen-bond acceptors (Lipinski definition) is 4. The number of carbonyl (C=O) groups is 1. The first-order valence-electron chi connectivity index (χ1n) is 7.38. The lowest BCUT2D eigenvalue weighted by Crippen LogP contribution is -2.50. The van der Waals surface area contributed by atoms with E-state index in [0.717, 1.165) is 0 Å². The minimum Gasteiger partial charge on any atom is -0.444 e. The largest absolute Gasteiger partial charge is 0.444 e. The second kappa shape index (κ2) is 6.75. The SMILES string of the molecule is CC(C)(C)OC(=O)N1CCN(c2cccc(F)c2N=[N+]=[N-])CC1. The Bertz CT molecular complexity index is 629. The third kappa shape index (κ3) is 4.26. The van der Waals surface area contributed by atoms with E-state index in [2.05, 4.69) is 10.0 Å². The zero-order valence-corrected chi connectivity index (χ0v) is 13.5. The predicted molar refractivity (Wildman–Crippen MR) is 85.2 cm³/mol. The summed E-state index contributed by atoms with van der Waals surface area (Å²) in [6.45, 7) is 7.40. The standard InChI is InChI=1S/C15H20FN5O2/c1-15(2,3)23-14(22)21-9-7-20(8-10-21)12-6-4-5-11(16)13(12)18-19-17/h4-6H,7-10H2,1-3H3. The molecule has 0 aliphatic carbocycles. The Labute approximate surface area is 134 Å². The van der Waals surface area contributed by atoms with Crippen molar-refractivity contribution >= 4 is 17.5 Å². The Balaban J connectivity index is 2.07. The second-order valence-corrected chi connectivity index (χ2v) is 6.25. The number of piperazine rings is 1. The first kappa shape index (κ1) is 16.9. The fraction of sp³-hybridized carbons (Fsp3) is 0.533. The smallest absolute Gasteiger partial charge is 0.410 e. The minimum atomic E-state index is -0.560. The van der Waals surface area contributed by atoms with E-state index in [4.69, 9.17) is 10.3 Å². The molecule has 2 rings (SSSR count). The molecule has 1 heterocycles. The molecule has 1 aromatic carbocycles. The van der Waals surface area contributed by atoms with Crippen LogP contribution in [0.25, 0.3) is 10.4 Å². The summed E-state index contributed by atoms with van der Waals surface area (Å²) in [5.41, 5.74) is 8.58. The molecule has 8 heteroatoms. The molecule has 0 atom stereocenters. The van der Waals surface area contributed by atoms with Gasteiger partial charge in [0.15, 0.2) is 0 Å². The summed E-state index contributed by atoms with van der Waals surface area (Å²) in [5.74, 6) is -0.560. The van der Waals surface area contributed by atoms with E-state index < -0.39 is 11.4 Å². The summed E-state index contributed by atoms with van der Waals surface area (Å²) in [4.78, 5) is 18.2. The van der Waals surface area contributed by atoms with Crippen molar-refractivity contribution in [1.82, 2.24) is 4.90 Å². The van der Waals surface area contributed by atoms with Crippen molar-refractivity contribution in [2.24, 2.45) is 5.11 Å². The van der Waals surface area contributed by atoms with Gasteiger partial charge in [0.05, 0.1) is 5.69 Å². The van der Waals surface area contributed by atoms with E-state index in [9.17, 15) is 9.18 Å². The number of rotatable bonds is 2. The summed E-state index contributed by atoms with van der Waals surface area (Å²) < 4.78 is 19.1. The Kier molecular flexibility index (Phi) is 4.95. The number of halogens is 1. The second-order valence-electron chi connectivity index (χ2n) is 6.25. The van der Waals surface area contributed by atoms with E-state index in [1.807, 2.05) is 25.7 Å². The number of benzene rings is 1. The average Bonchev–Trinajstić information content (AvgIpc) is 2.48.